The number of non-ortho nitro benzene ring substituents is 1. The fraction of sp³-hybridized carbons (Fsp3) is 0.125. The molecule has 2 aromatic carbocycles. The second-order valence-corrected chi connectivity index (χ2v) is 4.86. The molecule has 0 radical (unpaired) electrons. The number of nitrogens with zero attached hydrogens (tertiary/aromatic N) is 1. The van der Waals surface area contributed by atoms with Gasteiger partial charge in [0, 0.05) is 17.7 Å². The van der Waals surface area contributed by atoms with E-state index in [1.165, 1.54) is 49.6 Å². The standard InChI is InChI=1S/C16H14N2O6/c1-24-15(20)9-10-2-7-14(19)13(8-10)17-16(21)11-3-5-12(6-4-11)18(22)23/h2-8,19H,9H2,1H3,(H,17,21). The first-order valence-corrected chi connectivity index (χ1v) is 6.85. The quantitative estimate of drug-likeness (QED) is 0.376. The Labute approximate surface area is 136 Å². The molecule has 2 N–H and O–H groups in total. The van der Waals surface area contributed by atoms with Crippen LogP contribution < -0.4 is 5.32 Å². The van der Waals surface area contributed by atoms with Crippen molar-refractivity contribution in [3.8, 4) is 5.75 Å². The Kier molecular flexibility index (Phi) is 5.10. The van der Waals surface area contributed by atoms with Crippen LogP contribution in [0.4, 0.5) is 11.4 Å². The zero-order chi connectivity index (χ0) is 17.7. The summed E-state index contributed by atoms with van der Waals surface area (Å²) >= 11 is 0. The Bertz CT molecular complexity index is 786. The van der Waals surface area contributed by atoms with Gasteiger partial charge in [0.2, 0.25) is 0 Å². The highest BCUT2D eigenvalue weighted by molar-refractivity contribution is 6.05. The van der Waals surface area contributed by atoms with Crippen LogP contribution in [0.15, 0.2) is 42.5 Å². The van der Waals surface area contributed by atoms with E-state index in [-0.39, 0.29) is 29.1 Å². The van der Waals surface area contributed by atoms with Gasteiger partial charge in [0.1, 0.15) is 5.75 Å². The number of aromatic hydroxyl groups is 1. The molecule has 124 valence electrons. The maximum absolute atomic E-state index is 12.2. The van der Waals surface area contributed by atoms with Gasteiger partial charge in [-0.3, -0.25) is 19.7 Å². The van der Waals surface area contributed by atoms with Crippen LogP contribution in [0, 0.1) is 10.1 Å². The van der Waals surface area contributed by atoms with Crippen molar-refractivity contribution in [3.05, 3.63) is 63.7 Å². The number of phenols is 1. The third-order valence-electron chi connectivity index (χ3n) is 3.23. The second kappa shape index (κ2) is 7.23. The van der Waals surface area contributed by atoms with Gasteiger partial charge in [-0.15, -0.1) is 0 Å². The Hall–Kier alpha value is -3.42. The van der Waals surface area contributed by atoms with Crippen LogP contribution in [0.3, 0.4) is 0 Å². The molecule has 0 saturated carbocycles. The van der Waals surface area contributed by atoms with Gasteiger partial charge in [-0.05, 0) is 29.8 Å². The van der Waals surface area contributed by atoms with Crippen molar-refractivity contribution in [1.82, 2.24) is 0 Å². The van der Waals surface area contributed by atoms with Gasteiger partial charge in [-0.1, -0.05) is 6.07 Å². The summed E-state index contributed by atoms with van der Waals surface area (Å²) in [4.78, 5) is 33.5. The minimum absolute atomic E-state index is 0.00280. The number of benzene rings is 2. The summed E-state index contributed by atoms with van der Waals surface area (Å²) in [5.74, 6) is -1.16. The molecule has 0 bridgehead atoms. The van der Waals surface area contributed by atoms with Crippen LogP contribution in [-0.4, -0.2) is 29.0 Å². The van der Waals surface area contributed by atoms with Gasteiger partial charge in [0.25, 0.3) is 11.6 Å². The van der Waals surface area contributed by atoms with Crippen LogP contribution in [0.25, 0.3) is 0 Å². The minimum atomic E-state index is -0.566. The molecule has 0 atom stereocenters. The van der Waals surface area contributed by atoms with Gasteiger partial charge in [-0.25, -0.2) is 0 Å². The Morgan fingerprint density at radius 1 is 1.21 bits per heavy atom. The zero-order valence-corrected chi connectivity index (χ0v) is 12.7. The summed E-state index contributed by atoms with van der Waals surface area (Å²) in [6.45, 7) is 0. The number of esters is 1. The maximum atomic E-state index is 12.2. The molecule has 0 saturated heterocycles. The zero-order valence-electron chi connectivity index (χ0n) is 12.7. The van der Waals surface area contributed by atoms with Crippen LogP contribution in [0.5, 0.6) is 5.75 Å². The molecule has 8 nitrogen and oxygen atoms in total. The number of carbonyl (C=O) groups is 2. The number of anilines is 1. The lowest BCUT2D eigenvalue weighted by Crippen LogP contribution is -2.12. The molecular formula is C16H14N2O6. The summed E-state index contributed by atoms with van der Waals surface area (Å²) in [7, 11) is 1.26. The first-order chi connectivity index (χ1) is 11.4. The van der Waals surface area contributed by atoms with Gasteiger partial charge in [0.05, 0.1) is 24.1 Å². The van der Waals surface area contributed by atoms with E-state index in [9.17, 15) is 24.8 Å². The molecule has 24 heavy (non-hydrogen) atoms. The molecule has 1 amide bonds. The van der Waals surface area contributed by atoms with Gasteiger partial charge in [-0.2, -0.15) is 0 Å². The van der Waals surface area contributed by atoms with Crippen molar-refractivity contribution in [3.63, 3.8) is 0 Å². The topological polar surface area (TPSA) is 119 Å². The van der Waals surface area contributed by atoms with Crippen molar-refractivity contribution >= 4 is 23.3 Å². The van der Waals surface area contributed by atoms with E-state index in [2.05, 4.69) is 10.1 Å². The summed E-state index contributed by atoms with van der Waals surface area (Å²) in [6, 6.07) is 9.38. The first kappa shape index (κ1) is 16.9. The van der Waals surface area contributed by atoms with E-state index in [0.29, 0.717) is 5.56 Å². The SMILES string of the molecule is COC(=O)Cc1ccc(O)c(NC(=O)c2ccc([N+](=O)[O-])cc2)c1. The first-order valence-electron chi connectivity index (χ1n) is 6.85. The maximum Gasteiger partial charge on any atom is 0.309 e. The summed E-state index contributed by atoms with van der Waals surface area (Å²) < 4.78 is 4.56. The number of nitrogens with one attached hydrogen (secondary N) is 1. The predicted molar refractivity (Wildman–Crippen MR) is 84.9 cm³/mol. The lowest BCUT2D eigenvalue weighted by Gasteiger charge is -2.09. The number of hydrogen-bond acceptors (Lipinski definition) is 6. The van der Waals surface area contributed by atoms with E-state index in [0.717, 1.165) is 0 Å². The van der Waals surface area contributed by atoms with Crippen molar-refractivity contribution in [2.45, 2.75) is 6.42 Å². The summed E-state index contributed by atoms with van der Waals surface area (Å²) in [5, 5.41) is 22.9. The smallest absolute Gasteiger partial charge is 0.309 e. The van der Waals surface area contributed by atoms with Crippen molar-refractivity contribution in [2.75, 3.05) is 12.4 Å². The molecule has 0 unspecified atom stereocenters. The predicted octanol–water partition coefficient (Wildman–Crippen LogP) is 2.27. The van der Waals surface area contributed by atoms with E-state index in [4.69, 9.17) is 0 Å². The van der Waals surface area contributed by atoms with Crippen molar-refractivity contribution < 1.29 is 24.4 Å². The van der Waals surface area contributed by atoms with Gasteiger partial charge in [0.15, 0.2) is 0 Å². The molecule has 0 spiro atoms. The largest absolute Gasteiger partial charge is 0.506 e. The van der Waals surface area contributed by atoms with Crippen LogP contribution >= 0.6 is 0 Å². The minimum Gasteiger partial charge on any atom is -0.506 e. The fourth-order valence-electron chi connectivity index (χ4n) is 1.96. The molecular weight excluding hydrogens is 316 g/mol. The van der Waals surface area contributed by atoms with Crippen molar-refractivity contribution in [2.24, 2.45) is 0 Å². The number of nitro groups is 1. The molecule has 0 aliphatic heterocycles. The number of rotatable bonds is 5. The highest BCUT2D eigenvalue weighted by atomic mass is 16.6. The Morgan fingerprint density at radius 2 is 1.88 bits per heavy atom. The van der Waals surface area contributed by atoms with Gasteiger partial charge >= 0.3 is 5.97 Å². The van der Waals surface area contributed by atoms with Crippen LogP contribution in [0.1, 0.15) is 15.9 Å². The number of methoxy groups -OCH3 is 1. The van der Waals surface area contributed by atoms with E-state index in [1.54, 1.807) is 0 Å². The Morgan fingerprint density at radius 3 is 2.46 bits per heavy atom. The number of phenolic OH excluding ortho intramolecular Hbond substituents is 1. The third-order valence-corrected chi connectivity index (χ3v) is 3.23. The molecule has 0 aromatic heterocycles. The van der Waals surface area contributed by atoms with Crippen LogP contribution in [0.2, 0.25) is 0 Å². The molecule has 2 aromatic rings. The summed E-state index contributed by atoms with van der Waals surface area (Å²) in [6.07, 6.45) is -0.00280. The number of carbonyl (C=O) groups excluding carboxylic acids is 2. The number of nitro benzene ring substituents is 1. The highest BCUT2D eigenvalue weighted by Gasteiger charge is 2.13. The molecule has 0 aliphatic carbocycles. The van der Waals surface area contributed by atoms with Crippen molar-refractivity contribution in [1.29, 1.82) is 0 Å². The number of ether oxygens (including phenoxy) is 1. The fourth-order valence-corrected chi connectivity index (χ4v) is 1.96. The number of hydrogen-bond donors (Lipinski definition) is 2. The molecule has 0 aliphatic rings. The molecule has 0 heterocycles. The Balaban J connectivity index is 2.17. The highest BCUT2D eigenvalue weighted by Crippen LogP contribution is 2.25. The average Bonchev–Trinajstić information content (AvgIpc) is 2.57. The van der Waals surface area contributed by atoms with Crippen LogP contribution in [-0.2, 0) is 16.0 Å². The second-order valence-electron chi connectivity index (χ2n) is 4.86. The lowest BCUT2D eigenvalue weighted by atomic mass is 10.1. The molecule has 8 heteroatoms. The third kappa shape index (κ3) is 4.07. The normalized spacial score (nSPS) is 10.0. The summed E-state index contributed by atoms with van der Waals surface area (Å²) in [5.41, 5.74) is 0.742. The molecule has 2 rings (SSSR count). The van der Waals surface area contributed by atoms with E-state index in [1.807, 2.05) is 0 Å². The number of amides is 1. The molecule has 0 fully saturated rings. The van der Waals surface area contributed by atoms with E-state index < -0.39 is 16.8 Å². The average molecular weight is 330 g/mol. The monoisotopic (exact) mass is 330 g/mol. The van der Waals surface area contributed by atoms with E-state index >= 15 is 0 Å². The van der Waals surface area contributed by atoms with Gasteiger partial charge < -0.3 is 15.2 Å². The lowest BCUT2D eigenvalue weighted by molar-refractivity contribution is -0.384.